The van der Waals surface area contributed by atoms with Crippen LogP contribution in [0, 0.1) is 0 Å². The van der Waals surface area contributed by atoms with Crippen LogP contribution in [0.5, 0.6) is 0 Å². The summed E-state index contributed by atoms with van der Waals surface area (Å²) in [6.07, 6.45) is 0. The van der Waals surface area contributed by atoms with Crippen LogP contribution in [0.2, 0.25) is 0 Å². The second-order valence-corrected chi connectivity index (χ2v) is 5.47. The lowest BCUT2D eigenvalue weighted by Gasteiger charge is -2.09. The molecule has 1 aromatic carbocycles. The summed E-state index contributed by atoms with van der Waals surface area (Å²) < 4.78 is 0.835. The van der Waals surface area contributed by atoms with Gasteiger partial charge in [0.2, 0.25) is 0 Å². The molecule has 0 bridgehead atoms. The van der Waals surface area contributed by atoms with E-state index in [1.807, 2.05) is 0 Å². The van der Waals surface area contributed by atoms with Gasteiger partial charge in [-0.1, -0.05) is 0 Å². The van der Waals surface area contributed by atoms with Gasteiger partial charge in [0.05, 0.1) is 28.3 Å². The van der Waals surface area contributed by atoms with E-state index < -0.39 is 0 Å². The molecule has 94 valence electrons. The molecular weight excluding hydrogens is 314 g/mol. The normalized spacial score (nSPS) is 10.3. The number of carbonyl (C=O) groups excluding carboxylic acids is 1. The van der Waals surface area contributed by atoms with Crippen molar-refractivity contribution in [2.24, 2.45) is 0 Å². The maximum absolute atomic E-state index is 11.3. The highest BCUT2D eigenvalue weighted by atomic mass is 79.9. The Bertz CT molecular complexity index is 582. The molecule has 0 fully saturated rings. The van der Waals surface area contributed by atoms with Crippen LogP contribution in [0.4, 0.5) is 11.4 Å². The standard InChI is InChI=1S/C12H12BrN3OS/c1-7(17)8-2-3-9(14)10(4-8)15-5-11-12(13)16-6-18-11/h2-4,6,15H,5,14H2,1H3. The minimum atomic E-state index is 0.0250. The summed E-state index contributed by atoms with van der Waals surface area (Å²) in [7, 11) is 0. The van der Waals surface area contributed by atoms with Crippen LogP contribution < -0.4 is 11.1 Å². The predicted octanol–water partition coefficient (Wildman–Crippen LogP) is 3.30. The lowest BCUT2D eigenvalue weighted by Crippen LogP contribution is -2.03. The molecule has 4 nitrogen and oxygen atoms in total. The van der Waals surface area contributed by atoms with E-state index in [0.29, 0.717) is 17.8 Å². The number of thiazole rings is 1. The molecule has 0 atom stereocenters. The highest BCUT2D eigenvalue weighted by Crippen LogP contribution is 2.24. The molecule has 0 aliphatic heterocycles. The van der Waals surface area contributed by atoms with Crippen LogP contribution >= 0.6 is 27.3 Å². The molecule has 6 heteroatoms. The van der Waals surface area contributed by atoms with E-state index in [1.165, 1.54) is 6.92 Å². The van der Waals surface area contributed by atoms with Crippen molar-refractivity contribution >= 4 is 44.4 Å². The van der Waals surface area contributed by atoms with Crippen LogP contribution in [-0.4, -0.2) is 10.8 Å². The number of benzene rings is 1. The Morgan fingerprint density at radius 1 is 1.56 bits per heavy atom. The molecule has 0 spiro atoms. The first-order valence-corrected chi connectivity index (χ1v) is 6.97. The average Bonchev–Trinajstić information content (AvgIpc) is 2.73. The molecule has 0 saturated heterocycles. The Morgan fingerprint density at radius 2 is 2.33 bits per heavy atom. The van der Waals surface area contributed by atoms with Crippen molar-refractivity contribution < 1.29 is 4.79 Å². The van der Waals surface area contributed by atoms with Crippen molar-refractivity contribution in [1.29, 1.82) is 0 Å². The number of anilines is 2. The average molecular weight is 326 g/mol. The third-order valence-electron chi connectivity index (χ3n) is 2.49. The number of hydrogen-bond donors (Lipinski definition) is 2. The highest BCUT2D eigenvalue weighted by molar-refractivity contribution is 9.10. The maximum atomic E-state index is 11.3. The number of nitrogen functional groups attached to an aromatic ring is 1. The maximum Gasteiger partial charge on any atom is 0.159 e. The largest absolute Gasteiger partial charge is 0.397 e. The predicted molar refractivity (Wildman–Crippen MR) is 78.0 cm³/mol. The highest BCUT2D eigenvalue weighted by Gasteiger charge is 2.06. The summed E-state index contributed by atoms with van der Waals surface area (Å²) in [5.41, 5.74) is 9.68. The summed E-state index contributed by atoms with van der Waals surface area (Å²) in [6, 6.07) is 5.23. The molecule has 0 amide bonds. The molecule has 3 N–H and O–H groups in total. The van der Waals surface area contributed by atoms with Crippen molar-refractivity contribution in [1.82, 2.24) is 4.98 Å². The van der Waals surface area contributed by atoms with Gasteiger partial charge in [-0.05, 0) is 41.1 Å². The number of nitrogens with two attached hydrogens (primary N) is 1. The monoisotopic (exact) mass is 325 g/mol. The van der Waals surface area contributed by atoms with Crippen molar-refractivity contribution in [2.45, 2.75) is 13.5 Å². The topological polar surface area (TPSA) is 68.0 Å². The third kappa shape index (κ3) is 2.88. The zero-order valence-corrected chi connectivity index (χ0v) is 12.1. The van der Waals surface area contributed by atoms with Gasteiger partial charge in [-0.2, -0.15) is 0 Å². The fourth-order valence-electron chi connectivity index (χ4n) is 1.48. The van der Waals surface area contributed by atoms with Gasteiger partial charge in [-0.15, -0.1) is 11.3 Å². The molecule has 0 aliphatic carbocycles. The van der Waals surface area contributed by atoms with E-state index in [-0.39, 0.29) is 5.78 Å². The lowest BCUT2D eigenvalue weighted by atomic mass is 10.1. The van der Waals surface area contributed by atoms with E-state index >= 15 is 0 Å². The quantitative estimate of drug-likeness (QED) is 0.668. The molecule has 1 aromatic heterocycles. The molecule has 2 rings (SSSR count). The second-order valence-electron chi connectivity index (χ2n) is 3.78. The van der Waals surface area contributed by atoms with E-state index in [0.717, 1.165) is 15.2 Å². The van der Waals surface area contributed by atoms with E-state index in [2.05, 4.69) is 26.2 Å². The van der Waals surface area contributed by atoms with Gasteiger partial charge in [0, 0.05) is 5.56 Å². The summed E-state index contributed by atoms with van der Waals surface area (Å²) in [5.74, 6) is 0.0250. The van der Waals surface area contributed by atoms with Gasteiger partial charge in [0.25, 0.3) is 0 Å². The van der Waals surface area contributed by atoms with Crippen LogP contribution in [-0.2, 0) is 6.54 Å². The van der Waals surface area contributed by atoms with Crippen molar-refractivity contribution in [3.8, 4) is 0 Å². The number of halogens is 1. The molecule has 2 aromatic rings. The first kappa shape index (κ1) is 13.0. The Labute approximate surface area is 117 Å². The smallest absolute Gasteiger partial charge is 0.159 e. The van der Waals surface area contributed by atoms with Gasteiger partial charge in [-0.3, -0.25) is 4.79 Å². The summed E-state index contributed by atoms with van der Waals surface area (Å²) >= 11 is 4.93. The summed E-state index contributed by atoms with van der Waals surface area (Å²) in [6.45, 7) is 2.16. The molecule has 0 unspecified atom stereocenters. The first-order valence-electron chi connectivity index (χ1n) is 5.30. The Kier molecular flexibility index (Phi) is 3.98. The third-order valence-corrected chi connectivity index (χ3v) is 4.27. The molecule has 1 heterocycles. The number of ketones is 1. The van der Waals surface area contributed by atoms with Crippen molar-refractivity contribution in [2.75, 3.05) is 11.1 Å². The SMILES string of the molecule is CC(=O)c1ccc(N)c(NCc2scnc2Br)c1. The fourth-order valence-corrected chi connectivity index (χ4v) is 2.72. The summed E-state index contributed by atoms with van der Waals surface area (Å²) in [5, 5.41) is 3.21. The fraction of sp³-hybridized carbons (Fsp3) is 0.167. The van der Waals surface area contributed by atoms with Gasteiger partial charge < -0.3 is 11.1 Å². The number of hydrogen-bond acceptors (Lipinski definition) is 5. The van der Waals surface area contributed by atoms with E-state index in [4.69, 9.17) is 5.73 Å². The van der Waals surface area contributed by atoms with Gasteiger partial charge >= 0.3 is 0 Å². The minimum Gasteiger partial charge on any atom is -0.397 e. The number of aromatic nitrogens is 1. The van der Waals surface area contributed by atoms with Gasteiger partial charge in [0.15, 0.2) is 5.78 Å². The molecule has 0 aliphatic rings. The number of nitrogens with zero attached hydrogens (tertiary/aromatic N) is 1. The summed E-state index contributed by atoms with van der Waals surface area (Å²) in [4.78, 5) is 16.5. The Hall–Kier alpha value is -1.40. The Balaban J connectivity index is 2.16. The number of carbonyl (C=O) groups is 1. The first-order chi connectivity index (χ1) is 8.58. The number of nitrogens with one attached hydrogen (secondary N) is 1. The lowest BCUT2D eigenvalue weighted by molar-refractivity contribution is 0.101. The molecule has 0 saturated carbocycles. The number of rotatable bonds is 4. The van der Waals surface area contributed by atoms with Gasteiger partial charge in [0.1, 0.15) is 4.60 Å². The molecular formula is C12H12BrN3OS. The van der Waals surface area contributed by atoms with E-state index in [9.17, 15) is 4.79 Å². The Morgan fingerprint density at radius 3 is 2.94 bits per heavy atom. The second kappa shape index (κ2) is 5.49. The van der Waals surface area contributed by atoms with Crippen molar-refractivity contribution in [3.05, 3.63) is 38.8 Å². The van der Waals surface area contributed by atoms with Crippen LogP contribution in [0.15, 0.2) is 28.3 Å². The van der Waals surface area contributed by atoms with Crippen LogP contribution in [0.3, 0.4) is 0 Å². The zero-order chi connectivity index (χ0) is 13.1. The zero-order valence-electron chi connectivity index (χ0n) is 9.74. The van der Waals surface area contributed by atoms with Crippen molar-refractivity contribution in [3.63, 3.8) is 0 Å². The number of Topliss-reactive ketones (excluding diaryl/α,β-unsaturated/α-hetero) is 1. The molecule has 0 radical (unpaired) electrons. The van der Waals surface area contributed by atoms with Crippen LogP contribution in [0.1, 0.15) is 22.2 Å². The minimum absolute atomic E-state index is 0.0250. The molecule has 18 heavy (non-hydrogen) atoms. The van der Waals surface area contributed by atoms with E-state index in [1.54, 1.807) is 35.0 Å². The van der Waals surface area contributed by atoms with Gasteiger partial charge in [-0.25, -0.2) is 4.98 Å². The van der Waals surface area contributed by atoms with Crippen LogP contribution in [0.25, 0.3) is 0 Å².